The van der Waals surface area contributed by atoms with Crippen molar-refractivity contribution in [2.45, 2.75) is 19.1 Å². The van der Waals surface area contributed by atoms with Gasteiger partial charge < -0.3 is 9.47 Å². The molecule has 0 N–H and O–H groups in total. The normalized spacial score (nSPS) is 12.1. The van der Waals surface area contributed by atoms with E-state index in [-0.39, 0.29) is 28.8 Å². The van der Waals surface area contributed by atoms with Gasteiger partial charge in [-0.25, -0.2) is 0 Å². The average molecular weight is 464 g/mol. The molecule has 33 heavy (non-hydrogen) atoms. The molecule has 0 bridgehead atoms. The molecule has 4 rings (SSSR count). The lowest BCUT2D eigenvalue weighted by atomic mass is 10.0. The lowest BCUT2D eigenvalue weighted by Crippen LogP contribution is -2.18. The van der Waals surface area contributed by atoms with E-state index in [9.17, 15) is 26.3 Å². The summed E-state index contributed by atoms with van der Waals surface area (Å²) in [4.78, 5) is 0. The Kier molecular flexibility index (Phi) is 5.84. The van der Waals surface area contributed by atoms with Crippen LogP contribution in [0.3, 0.4) is 0 Å². The molecule has 0 spiro atoms. The molecule has 0 atom stereocenters. The summed E-state index contributed by atoms with van der Waals surface area (Å²) >= 11 is 0. The molecule has 10 heteroatoms. The van der Waals surface area contributed by atoms with Crippen LogP contribution in [0.25, 0.3) is 22.0 Å². The largest absolute Gasteiger partial charge is 0.573 e. The van der Waals surface area contributed by atoms with Gasteiger partial charge in [0.2, 0.25) is 0 Å². The fourth-order valence-corrected chi connectivity index (χ4v) is 3.30. The van der Waals surface area contributed by atoms with Crippen molar-refractivity contribution >= 4 is 10.9 Å². The molecule has 4 aromatic rings. The third-order valence-electron chi connectivity index (χ3n) is 4.71. The van der Waals surface area contributed by atoms with Gasteiger partial charge in [-0.1, -0.05) is 42.5 Å². The van der Waals surface area contributed by atoms with E-state index in [0.717, 1.165) is 6.07 Å². The lowest BCUT2D eigenvalue weighted by Gasteiger charge is -2.14. The highest BCUT2D eigenvalue weighted by molar-refractivity contribution is 5.95. The summed E-state index contributed by atoms with van der Waals surface area (Å²) in [6.45, 7) is -0.219. The standard InChI is InChI=1S/C23H14F6N2O2/c24-22(25,26)19-9-4-8-17-18(12-30-31-21(17)19)14-6-3-7-16(11-14)32-13-15-5-1-2-10-20(15)33-23(27,28)29/h1-12H,13H2. The molecule has 0 aliphatic carbocycles. The molecule has 170 valence electrons. The van der Waals surface area contributed by atoms with Crippen molar-refractivity contribution in [3.05, 3.63) is 84.1 Å². The predicted octanol–water partition coefficient (Wildman–Crippen LogP) is 6.79. The van der Waals surface area contributed by atoms with Crippen molar-refractivity contribution in [3.63, 3.8) is 0 Å². The van der Waals surface area contributed by atoms with Crippen LogP contribution < -0.4 is 9.47 Å². The maximum atomic E-state index is 13.3. The number of rotatable bonds is 5. The molecule has 0 amide bonds. The van der Waals surface area contributed by atoms with Crippen molar-refractivity contribution in [1.82, 2.24) is 10.2 Å². The molecule has 0 aliphatic rings. The number of halogens is 6. The number of hydrogen-bond donors (Lipinski definition) is 0. The third-order valence-corrected chi connectivity index (χ3v) is 4.71. The Morgan fingerprint density at radius 2 is 1.58 bits per heavy atom. The second kappa shape index (κ2) is 8.61. The number of ether oxygens (including phenoxy) is 2. The number of benzene rings is 3. The minimum atomic E-state index is -4.85. The molecule has 0 saturated carbocycles. The molecule has 4 nitrogen and oxygen atoms in total. The van der Waals surface area contributed by atoms with Gasteiger partial charge in [-0.2, -0.15) is 18.3 Å². The smallest absolute Gasteiger partial charge is 0.489 e. The van der Waals surface area contributed by atoms with Crippen LogP contribution in [0.5, 0.6) is 11.5 Å². The first kappa shape index (κ1) is 22.4. The van der Waals surface area contributed by atoms with Crippen molar-refractivity contribution in [2.24, 2.45) is 0 Å². The van der Waals surface area contributed by atoms with Crippen molar-refractivity contribution < 1.29 is 35.8 Å². The first-order valence-corrected chi connectivity index (χ1v) is 9.50. The minimum absolute atomic E-state index is 0.172. The van der Waals surface area contributed by atoms with Gasteiger partial charge >= 0.3 is 12.5 Å². The first-order valence-electron chi connectivity index (χ1n) is 9.50. The van der Waals surface area contributed by atoms with Gasteiger partial charge in [0, 0.05) is 16.5 Å². The van der Waals surface area contributed by atoms with Crippen molar-refractivity contribution in [1.29, 1.82) is 0 Å². The Bertz CT molecular complexity index is 1290. The number of aromatic nitrogens is 2. The molecule has 1 heterocycles. The van der Waals surface area contributed by atoms with Gasteiger partial charge in [0.1, 0.15) is 23.6 Å². The highest BCUT2D eigenvalue weighted by Gasteiger charge is 2.34. The van der Waals surface area contributed by atoms with E-state index in [4.69, 9.17) is 4.74 Å². The molecular weight excluding hydrogens is 450 g/mol. The third kappa shape index (κ3) is 5.16. The second-order valence-electron chi connectivity index (χ2n) is 6.93. The van der Waals surface area contributed by atoms with E-state index in [2.05, 4.69) is 14.9 Å². The molecule has 0 radical (unpaired) electrons. The second-order valence-corrected chi connectivity index (χ2v) is 6.93. The molecule has 0 unspecified atom stereocenters. The predicted molar refractivity (Wildman–Crippen MR) is 107 cm³/mol. The molecule has 0 aliphatic heterocycles. The molecule has 0 fully saturated rings. The molecular formula is C23H14F6N2O2. The van der Waals surface area contributed by atoms with E-state index in [0.29, 0.717) is 16.9 Å². The van der Waals surface area contributed by atoms with Gasteiger partial charge in [0.15, 0.2) is 0 Å². The minimum Gasteiger partial charge on any atom is -0.489 e. The zero-order valence-electron chi connectivity index (χ0n) is 16.6. The van der Waals surface area contributed by atoms with Crippen LogP contribution >= 0.6 is 0 Å². The van der Waals surface area contributed by atoms with Crippen LogP contribution in [-0.2, 0) is 12.8 Å². The summed E-state index contributed by atoms with van der Waals surface area (Å²) in [7, 11) is 0. The summed E-state index contributed by atoms with van der Waals surface area (Å²) in [5.74, 6) is -0.0867. The lowest BCUT2D eigenvalue weighted by molar-refractivity contribution is -0.275. The van der Waals surface area contributed by atoms with E-state index in [1.807, 2.05) is 0 Å². The van der Waals surface area contributed by atoms with Crippen LogP contribution in [0.2, 0.25) is 0 Å². The van der Waals surface area contributed by atoms with Gasteiger partial charge in [0.05, 0.1) is 11.8 Å². The molecule has 0 saturated heterocycles. The molecule has 1 aromatic heterocycles. The Morgan fingerprint density at radius 3 is 2.33 bits per heavy atom. The Morgan fingerprint density at radius 1 is 0.818 bits per heavy atom. The number of nitrogens with zero attached hydrogens (tertiary/aromatic N) is 2. The van der Waals surface area contributed by atoms with E-state index >= 15 is 0 Å². The summed E-state index contributed by atoms with van der Waals surface area (Å²) in [6.07, 6.45) is -8.10. The Hall–Kier alpha value is -3.82. The van der Waals surface area contributed by atoms with Crippen LogP contribution in [0, 0.1) is 0 Å². The van der Waals surface area contributed by atoms with Crippen LogP contribution in [0.15, 0.2) is 72.9 Å². The first-order chi connectivity index (χ1) is 15.6. The van der Waals surface area contributed by atoms with E-state index in [1.54, 1.807) is 30.3 Å². The summed E-state index contributed by atoms with van der Waals surface area (Å²) in [5, 5.41) is 7.63. The highest BCUT2D eigenvalue weighted by atomic mass is 19.4. The average Bonchev–Trinajstić information content (AvgIpc) is 2.76. The van der Waals surface area contributed by atoms with E-state index < -0.39 is 18.1 Å². The fraction of sp³-hybridized carbons (Fsp3) is 0.130. The topological polar surface area (TPSA) is 44.2 Å². The quantitative estimate of drug-likeness (QED) is 0.305. The van der Waals surface area contributed by atoms with Crippen molar-refractivity contribution in [2.75, 3.05) is 0 Å². The number of hydrogen-bond acceptors (Lipinski definition) is 4. The SMILES string of the molecule is FC(F)(F)Oc1ccccc1COc1cccc(-c2cnnc3c(C(F)(F)F)cccc23)c1. The number of para-hydroxylation sites is 1. The number of fused-ring (bicyclic) bond motifs is 1. The zero-order valence-corrected chi connectivity index (χ0v) is 16.6. The Balaban J connectivity index is 1.64. The maximum Gasteiger partial charge on any atom is 0.573 e. The summed E-state index contributed by atoms with van der Waals surface area (Å²) in [5.41, 5.74) is -0.106. The maximum absolute atomic E-state index is 13.3. The van der Waals surface area contributed by atoms with Gasteiger partial charge in [-0.3, -0.25) is 0 Å². The van der Waals surface area contributed by atoms with Crippen LogP contribution in [0.1, 0.15) is 11.1 Å². The fourth-order valence-electron chi connectivity index (χ4n) is 3.30. The van der Waals surface area contributed by atoms with E-state index in [1.165, 1.54) is 36.5 Å². The van der Waals surface area contributed by atoms with Crippen LogP contribution in [-0.4, -0.2) is 16.6 Å². The highest BCUT2D eigenvalue weighted by Crippen LogP contribution is 2.37. The Labute approximate surface area is 183 Å². The number of alkyl halides is 6. The monoisotopic (exact) mass is 464 g/mol. The summed E-state index contributed by atoms with van der Waals surface area (Å²) in [6, 6.07) is 15.7. The van der Waals surface area contributed by atoms with Crippen LogP contribution in [0.4, 0.5) is 26.3 Å². The summed E-state index contributed by atoms with van der Waals surface area (Å²) < 4.78 is 87.5. The van der Waals surface area contributed by atoms with Gasteiger partial charge in [-0.05, 0) is 29.8 Å². The zero-order chi connectivity index (χ0) is 23.6. The van der Waals surface area contributed by atoms with Crippen molar-refractivity contribution in [3.8, 4) is 22.6 Å². The van der Waals surface area contributed by atoms with Gasteiger partial charge in [-0.15, -0.1) is 18.3 Å². The van der Waals surface area contributed by atoms with Gasteiger partial charge in [0.25, 0.3) is 0 Å². The molecule has 3 aromatic carbocycles.